The number of benzene rings is 1. The summed E-state index contributed by atoms with van der Waals surface area (Å²) in [6.45, 7) is 3.72. The Morgan fingerprint density at radius 1 is 1.25 bits per heavy atom. The SMILES string of the molecule is C.CCOC(=O)C1=C(C)NC=C(C(=O)OC)C1c1ccccc1Cl. The van der Waals surface area contributed by atoms with E-state index in [4.69, 9.17) is 21.1 Å². The molecule has 1 aliphatic rings. The molecule has 0 amide bonds. The lowest BCUT2D eigenvalue weighted by molar-refractivity contribution is -0.139. The average molecular weight is 352 g/mol. The van der Waals surface area contributed by atoms with Crippen molar-refractivity contribution in [2.45, 2.75) is 27.2 Å². The lowest BCUT2D eigenvalue weighted by atomic mass is 9.82. The molecule has 0 spiro atoms. The summed E-state index contributed by atoms with van der Waals surface area (Å²) in [6.07, 6.45) is 1.54. The molecule has 0 radical (unpaired) electrons. The van der Waals surface area contributed by atoms with Gasteiger partial charge in [0.15, 0.2) is 0 Å². The van der Waals surface area contributed by atoms with E-state index >= 15 is 0 Å². The van der Waals surface area contributed by atoms with E-state index in [1.54, 1.807) is 38.1 Å². The van der Waals surface area contributed by atoms with Gasteiger partial charge >= 0.3 is 11.9 Å². The first kappa shape index (κ1) is 19.8. The van der Waals surface area contributed by atoms with Crippen LogP contribution in [0.4, 0.5) is 0 Å². The average Bonchev–Trinajstić information content (AvgIpc) is 2.54. The highest BCUT2D eigenvalue weighted by atomic mass is 35.5. The number of ether oxygens (including phenoxy) is 2. The highest BCUT2D eigenvalue weighted by Gasteiger charge is 2.36. The molecule has 1 aliphatic heterocycles. The maximum atomic E-state index is 12.4. The minimum atomic E-state index is -0.642. The summed E-state index contributed by atoms with van der Waals surface area (Å²) < 4.78 is 9.99. The van der Waals surface area contributed by atoms with Crippen molar-refractivity contribution < 1.29 is 19.1 Å². The lowest BCUT2D eigenvalue weighted by Crippen LogP contribution is -2.29. The Morgan fingerprint density at radius 3 is 2.50 bits per heavy atom. The van der Waals surface area contributed by atoms with E-state index in [2.05, 4.69) is 5.32 Å². The minimum absolute atomic E-state index is 0. The van der Waals surface area contributed by atoms with Crippen molar-refractivity contribution in [1.82, 2.24) is 5.32 Å². The van der Waals surface area contributed by atoms with Crippen LogP contribution in [0.2, 0.25) is 5.02 Å². The zero-order valence-corrected chi connectivity index (χ0v) is 13.9. The van der Waals surface area contributed by atoms with Crippen LogP contribution in [0.25, 0.3) is 0 Å². The second kappa shape index (κ2) is 8.55. The second-order valence-corrected chi connectivity index (χ2v) is 5.36. The summed E-state index contributed by atoms with van der Waals surface area (Å²) >= 11 is 6.29. The third kappa shape index (κ3) is 3.79. The molecule has 1 N–H and O–H groups in total. The first-order valence-corrected chi connectivity index (χ1v) is 7.56. The number of methoxy groups -OCH3 is 1. The topological polar surface area (TPSA) is 64.6 Å². The molecule has 5 nitrogen and oxygen atoms in total. The zero-order valence-electron chi connectivity index (χ0n) is 13.2. The molecule has 1 aromatic rings. The fraction of sp³-hybridized carbons (Fsp3) is 0.333. The van der Waals surface area contributed by atoms with E-state index in [1.807, 2.05) is 0 Å². The fourth-order valence-corrected chi connectivity index (χ4v) is 2.77. The maximum Gasteiger partial charge on any atom is 0.336 e. The quantitative estimate of drug-likeness (QED) is 0.840. The number of allylic oxidation sites excluding steroid dienone is 1. The Labute approximate surface area is 147 Å². The van der Waals surface area contributed by atoms with E-state index in [1.165, 1.54) is 13.3 Å². The smallest absolute Gasteiger partial charge is 0.336 e. The monoisotopic (exact) mass is 351 g/mol. The van der Waals surface area contributed by atoms with Gasteiger partial charge in [-0.05, 0) is 25.5 Å². The van der Waals surface area contributed by atoms with Gasteiger partial charge in [-0.1, -0.05) is 37.2 Å². The number of dihydropyridines is 1. The molecule has 0 aromatic heterocycles. The van der Waals surface area contributed by atoms with Crippen molar-refractivity contribution in [3.8, 4) is 0 Å². The summed E-state index contributed by atoms with van der Waals surface area (Å²) in [5.74, 6) is -1.66. The molecule has 130 valence electrons. The van der Waals surface area contributed by atoms with Crippen molar-refractivity contribution in [3.63, 3.8) is 0 Å². The number of carbonyl (C=O) groups is 2. The van der Waals surface area contributed by atoms with Crippen LogP contribution >= 0.6 is 11.6 Å². The van der Waals surface area contributed by atoms with Crippen LogP contribution in [0, 0.1) is 0 Å². The van der Waals surface area contributed by atoms with Crippen molar-refractivity contribution in [1.29, 1.82) is 0 Å². The number of nitrogens with one attached hydrogen (secondary N) is 1. The minimum Gasteiger partial charge on any atom is -0.466 e. The third-order valence-electron chi connectivity index (χ3n) is 3.58. The number of rotatable bonds is 4. The number of esters is 2. The lowest BCUT2D eigenvalue weighted by Gasteiger charge is -2.28. The summed E-state index contributed by atoms with van der Waals surface area (Å²) in [5.41, 5.74) is 1.91. The molecular weight excluding hydrogens is 330 g/mol. The van der Waals surface area contributed by atoms with E-state index in [0.29, 0.717) is 27.4 Å². The van der Waals surface area contributed by atoms with E-state index in [9.17, 15) is 9.59 Å². The van der Waals surface area contributed by atoms with Crippen LogP contribution in [-0.4, -0.2) is 25.7 Å². The Kier molecular flexibility index (Phi) is 7.04. The third-order valence-corrected chi connectivity index (χ3v) is 3.92. The molecule has 0 aliphatic carbocycles. The summed E-state index contributed by atoms with van der Waals surface area (Å²) in [5, 5.41) is 3.39. The number of hydrogen-bond donors (Lipinski definition) is 1. The molecule has 1 aromatic carbocycles. The Balaban J connectivity index is 0.00000288. The normalized spacial score (nSPS) is 16.5. The molecule has 1 atom stereocenters. The van der Waals surface area contributed by atoms with Crippen LogP contribution in [-0.2, 0) is 19.1 Å². The number of hydrogen-bond acceptors (Lipinski definition) is 5. The molecule has 0 saturated heterocycles. The van der Waals surface area contributed by atoms with Crippen LogP contribution in [0.5, 0.6) is 0 Å². The van der Waals surface area contributed by atoms with Crippen LogP contribution in [0.1, 0.15) is 32.8 Å². The van der Waals surface area contributed by atoms with E-state index < -0.39 is 17.9 Å². The van der Waals surface area contributed by atoms with Crippen LogP contribution in [0.3, 0.4) is 0 Å². The van der Waals surface area contributed by atoms with Gasteiger partial charge < -0.3 is 14.8 Å². The molecule has 0 bridgehead atoms. The Hall–Kier alpha value is -2.27. The molecular formula is C18H22ClNO4. The Morgan fingerprint density at radius 2 is 1.92 bits per heavy atom. The number of carbonyl (C=O) groups excluding carboxylic acids is 2. The highest BCUT2D eigenvalue weighted by Crippen LogP contribution is 2.39. The van der Waals surface area contributed by atoms with E-state index in [0.717, 1.165) is 0 Å². The van der Waals surface area contributed by atoms with Crippen LogP contribution < -0.4 is 5.32 Å². The second-order valence-electron chi connectivity index (χ2n) is 4.95. The van der Waals surface area contributed by atoms with Gasteiger partial charge in [0.25, 0.3) is 0 Å². The van der Waals surface area contributed by atoms with Crippen molar-refractivity contribution in [3.05, 3.63) is 57.9 Å². The molecule has 24 heavy (non-hydrogen) atoms. The summed E-state index contributed by atoms with van der Waals surface area (Å²) in [6, 6.07) is 7.08. The Bertz CT molecular complexity index is 694. The van der Waals surface area contributed by atoms with Crippen LogP contribution in [0.15, 0.2) is 47.3 Å². The van der Waals surface area contributed by atoms with Gasteiger partial charge in [-0.2, -0.15) is 0 Å². The maximum absolute atomic E-state index is 12.4. The first-order chi connectivity index (χ1) is 11.0. The summed E-state index contributed by atoms with van der Waals surface area (Å²) in [7, 11) is 1.29. The number of halogens is 1. The first-order valence-electron chi connectivity index (χ1n) is 7.18. The molecule has 1 unspecified atom stereocenters. The van der Waals surface area contributed by atoms with Crippen molar-refractivity contribution >= 4 is 23.5 Å². The van der Waals surface area contributed by atoms with Gasteiger partial charge in [0, 0.05) is 16.9 Å². The molecule has 1 heterocycles. The van der Waals surface area contributed by atoms with Gasteiger partial charge in [-0.25, -0.2) is 9.59 Å². The van der Waals surface area contributed by atoms with Gasteiger partial charge in [0.05, 0.1) is 30.8 Å². The molecule has 0 saturated carbocycles. The predicted molar refractivity (Wildman–Crippen MR) is 93.5 cm³/mol. The van der Waals surface area contributed by atoms with Gasteiger partial charge in [0.1, 0.15) is 0 Å². The summed E-state index contributed by atoms with van der Waals surface area (Å²) in [4.78, 5) is 24.6. The predicted octanol–water partition coefficient (Wildman–Crippen LogP) is 3.56. The van der Waals surface area contributed by atoms with Gasteiger partial charge in [0.2, 0.25) is 0 Å². The highest BCUT2D eigenvalue weighted by molar-refractivity contribution is 6.31. The van der Waals surface area contributed by atoms with Gasteiger partial charge in [-0.3, -0.25) is 0 Å². The molecule has 0 fully saturated rings. The zero-order chi connectivity index (χ0) is 17.0. The van der Waals surface area contributed by atoms with E-state index in [-0.39, 0.29) is 14.0 Å². The molecule has 6 heteroatoms. The molecule has 2 rings (SSSR count). The fourth-order valence-electron chi connectivity index (χ4n) is 2.53. The van der Waals surface area contributed by atoms with Gasteiger partial charge in [-0.15, -0.1) is 0 Å². The largest absolute Gasteiger partial charge is 0.466 e. The van der Waals surface area contributed by atoms with Crippen molar-refractivity contribution in [2.24, 2.45) is 0 Å². The van der Waals surface area contributed by atoms with Crippen molar-refractivity contribution in [2.75, 3.05) is 13.7 Å². The standard InChI is InChI=1S/C17H18ClNO4.CH4/c1-4-23-17(21)14-10(2)19-9-12(16(20)22-3)15(14)11-7-5-6-8-13(11)18;/h5-9,15,19H,4H2,1-3H3;1H4.